The fourth-order valence-electron chi connectivity index (χ4n) is 2.20. The monoisotopic (exact) mass is 240 g/mol. The minimum absolute atomic E-state index is 0.242. The van der Waals surface area contributed by atoms with E-state index in [9.17, 15) is 0 Å². The van der Waals surface area contributed by atoms with Gasteiger partial charge in [0.25, 0.3) is 0 Å². The van der Waals surface area contributed by atoms with Gasteiger partial charge in [0.2, 0.25) is 5.95 Å². The van der Waals surface area contributed by atoms with Crippen molar-refractivity contribution in [3.05, 3.63) is 11.2 Å². The fourth-order valence-corrected chi connectivity index (χ4v) is 2.39. The molecule has 1 aliphatic rings. The molecule has 0 bridgehead atoms. The van der Waals surface area contributed by atoms with Gasteiger partial charge in [-0.1, -0.05) is 25.4 Å². The average Bonchev–Trinajstić information content (AvgIpc) is 2.14. The number of piperidine rings is 1. The van der Waals surface area contributed by atoms with Crippen molar-refractivity contribution in [1.29, 1.82) is 0 Å². The minimum Gasteiger partial charge on any atom is -0.368 e. The highest BCUT2D eigenvalue weighted by atomic mass is 35.5. The Kier molecular flexibility index (Phi) is 2.93. The number of halogens is 1. The highest BCUT2D eigenvalue weighted by Gasteiger charge is 2.27. The molecule has 2 N–H and O–H groups in total. The summed E-state index contributed by atoms with van der Waals surface area (Å²) in [4.78, 5) is 10.3. The van der Waals surface area contributed by atoms with Crippen molar-refractivity contribution in [2.75, 3.05) is 23.7 Å². The van der Waals surface area contributed by atoms with Gasteiger partial charge in [0.05, 0.1) is 0 Å². The standard InChI is InChI=1S/C11H17ClN4/c1-11(2)4-3-5-16(7-11)9-6-8(12)14-10(13)15-9/h6H,3-5,7H2,1-2H3,(H2,13,14,15). The van der Waals surface area contributed by atoms with Gasteiger partial charge in [-0.15, -0.1) is 0 Å². The second kappa shape index (κ2) is 4.09. The van der Waals surface area contributed by atoms with Crippen LogP contribution in [-0.4, -0.2) is 23.1 Å². The molecule has 1 aliphatic heterocycles. The summed E-state index contributed by atoms with van der Waals surface area (Å²) >= 11 is 5.88. The van der Waals surface area contributed by atoms with Crippen molar-refractivity contribution in [3.8, 4) is 0 Å². The number of aromatic nitrogens is 2. The summed E-state index contributed by atoms with van der Waals surface area (Å²) in [5, 5.41) is 0.408. The molecule has 1 aromatic heterocycles. The van der Waals surface area contributed by atoms with Gasteiger partial charge >= 0.3 is 0 Å². The van der Waals surface area contributed by atoms with Crippen LogP contribution in [0.3, 0.4) is 0 Å². The highest BCUT2D eigenvalue weighted by Crippen LogP contribution is 2.31. The van der Waals surface area contributed by atoms with E-state index in [1.54, 1.807) is 6.07 Å². The summed E-state index contributed by atoms with van der Waals surface area (Å²) < 4.78 is 0. The number of nitrogen functional groups attached to an aromatic ring is 1. The van der Waals surface area contributed by atoms with Crippen LogP contribution >= 0.6 is 11.6 Å². The van der Waals surface area contributed by atoms with Crippen LogP contribution in [0.2, 0.25) is 5.15 Å². The van der Waals surface area contributed by atoms with Gasteiger partial charge in [-0.3, -0.25) is 0 Å². The Bertz CT molecular complexity index is 371. The zero-order chi connectivity index (χ0) is 11.8. The smallest absolute Gasteiger partial charge is 0.223 e. The van der Waals surface area contributed by atoms with Gasteiger partial charge in [-0.25, -0.2) is 4.98 Å². The molecule has 0 aliphatic carbocycles. The quantitative estimate of drug-likeness (QED) is 0.766. The lowest BCUT2D eigenvalue weighted by Crippen LogP contribution is -2.40. The first-order valence-electron chi connectivity index (χ1n) is 5.51. The molecule has 88 valence electrons. The molecule has 0 radical (unpaired) electrons. The van der Waals surface area contributed by atoms with E-state index in [2.05, 4.69) is 28.7 Å². The molecule has 0 aromatic carbocycles. The Balaban J connectivity index is 2.23. The lowest BCUT2D eigenvalue weighted by atomic mass is 9.84. The van der Waals surface area contributed by atoms with Crippen molar-refractivity contribution in [2.45, 2.75) is 26.7 Å². The third-order valence-corrected chi connectivity index (χ3v) is 3.12. The van der Waals surface area contributed by atoms with Crippen molar-refractivity contribution in [2.24, 2.45) is 5.41 Å². The largest absolute Gasteiger partial charge is 0.368 e. The SMILES string of the molecule is CC1(C)CCCN(c2cc(Cl)nc(N)n2)C1. The molecule has 0 amide bonds. The van der Waals surface area contributed by atoms with E-state index in [4.69, 9.17) is 17.3 Å². The van der Waals surface area contributed by atoms with Crippen molar-refractivity contribution < 1.29 is 0 Å². The molecule has 0 spiro atoms. The van der Waals surface area contributed by atoms with Crippen LogP contribution in [0.4, 0.5) is 11.8 Å². The first kappa shape index (κ1) is 11.5. The molecule has 4 nitrogen and oxygen atoms in total. The maximum Gasteiger partial charge on any atom is 0.223 e. The van der Waals surface area contributed by atoms with Crippen LogP contribution in [0.1, 0.15) is 26.7 Å². The Hall–Kier alpha value is -1.03. The molecule has 16 heavy (non-hydrogen) atoms. The van der Waals surface area contributed by atoms with E-state index < -0.39 is 0 Å². The summed E-state index contributed by atoms with van der Waals surface area (Å²) in [6.07, 6.45) is 2.42. The highest BCUT2D eigenvalue weighted by molar-refractivity contribution is 6.29. The molecule has 0 unspecified atom stereocenters. The van der Waals surface area contributed by atoms with Gasteiger partial charge < -0.3 is 10.6 Å². The number of hydrogen-bond donors (Lipinski definition) is 1. The molecule has 1 aromatic rings. The van der Waals surface area contributed by atoms with Crippen LogP contribution in [0, 0.1) is 5.41 Å². The zero-order valence-corrected chi connectivity index (χ0v) is 10.5. The van der Waals surface area contributed by atoms with Crippen LogP contribution in [0.25, 0.3) is 0 Å². The molecular weight excluding hydrogens is 224 g/mol. The van der Waals surface area contributed by atoms with Gasteiger partial charge in [0.1, 0.15) is 11.0 Å². The Morgan fingerprint density at radius 2 is 2.19 bits per heavy atom. The zero-order valence-electron chi connectivity index (χ0n) is 9.70. The molecule has 1 fully saturated rings. The van der Waals surface area contributed by atoms with E-state index >= 15 is 0 Å². The second-order valence-corrected chi connectivity index (χ2v) is 5.48. The molecule has 0 saturated carbocycles. The third kappa shape index (κ3) is 2.55. The summed E-state index contributed by atoms with van der Waals surface area (Å²) in [6, 6.07) is 1.78. The van der Waals surface area contributed by atoms with E-state index in [0.29, 0.717) is 10.6 Å². The van der Waals surface area contributed by atoms with E-state index in [-0.39, 0.29) is 5.95 Å². The maximum atomic E-state index is 5.88. The van der Waals surface area contributed by atoms with Gasteiger partial charge in [0.15, 0.2) is 0 Å². The van der Waals surface area contributed by atoms with Crippen LogP contribution in [-0.2, 0) is 0 Å². The molecule has 2 rings (SSSR count). The van der Waals surface area contributed by atoms with Crippen LogP contribution in [0.15, 0.2) is 6.07 Å². The van der Waals surface area contributed by atoms with Gasteiger partial charge in [0, 0.05) is 19.2 Å². The van der Waals surface area contributed by atoms with Crippen molar-refractivity contribution in [3.63, 3.8) is 0 Å². The summed E-state index contributed by atoms with van der Waals surface area (Å²) in [5.74, 6) is 1.08. The molecule has 0 atom stereocenters. The molecule has 1 saturated heterocycles. The average molecular weight is 241 g/mol. The van der Waals surface area contributed by atoms with Crippen molar-refractivity contribution >= 4 is 23.4 Å². The Morgan fingerprint density at radius 1 is 1.44 bits per heavy atom. The summed E-state index contributed by atoms with van der Waals surface area (Å²) in [6.45, 7) is 6.53. The van der Waals surface area contributed by atoms with Crippen LogP contribution in [0.5, 0.6) is 0 Å². The fraction of sp³-hybridized carbons (Fsp3) is 0.636. The Labute approximate surface area is 101 Å². The first-order chi connectivity index (χ1) is 7.46. The molecule has 5 heteroatoms. The van der Waals surface area contributed by atoms with E-state index in [1.807, 2.05) is 0 Å². The lowest BCUT2D eigenvalue weighted by Gasteiger charge is -2.38. The van der Waals surface area contributed by atoms with Gasteiger partial charge in [-0.05, 0) is 18.3 Å². The number of anilines is 2. The predicted octanol–water partition coefficient (Wildman–Crippen LogP) is 2.34. The third-order valence-electron chi connectivity index (χ3n) is 2.92. The number of hydrogen-bond acceptors (Lipinski definition) is 4. The minimum atomic E-state index is 0.242. The van der Waals surface area contributed by atoms with E-state index in [1.165, 1.54) is 12.8 Å². The normalized spacial score (nSPS) is 19.8. The van der Waals surface area contributed by atoms with Crippen LogP contribution < -0.4 is 10.6 Å². The first-order valence-corrected chi connectivity index (χ1v) is 5.89. The second-order valence-electron chi connectivity index (χ2n) is 5.10. The Morgan fingerprint density at radius 3 is 2.81 bits per heavy atom. The topological polar surface area (TPSA) is 55.0 Å². The number of nitrogens with two attached hydrogens (primary N) is 1. The van der Waals surface area contributed by atoms with Crippen molar-refractivity contribution in [1.82, 2.24) is 9.97 Å². The maximum absolute atomic E-state index is 5.88. The summed E-state index contributed by atoms with van der Waals surface area (Å²) in [7, 11) is 0. The van der Waals surface area contributed by atoms with Gasteiger partial charge in [-0.2, -0.15) is 4.98 Å². The molecular formula is C11H17ClN4. The number of nitrogens with zero attached hydrogens (tertiary/aromatic N) is 3. The predicted molar refractivity (Wildman–Crippen MR) is 66.7 cm³/mol. The van der Waals surface area contributed by atoms with E-state index in [0.717, 1.165) is 18.9 Å². The number of rotatable bonds is 1. The summed E-state index contributed by atoms with van der Waals surface area (Å²) in [5.41, 5.74) is 5.92. The molecule has 2 heterocycles. The lowest BCUT2D eigenvalue weighted by molar-refractivity contribution is 0.292.